The average Bonchev–Trinajstić information content (AvgIpc) is 2.71. The van der Waals surface area contributed by atoms with Gasteiger partial charge in [-0.05, 0) is 32.4 Å². The molecule has 0 spiro atoms. The van der Waals surface area contributed by atoms with Gasteiger partial charge in [-0.1, -0.05) is 6.07 Å². The Labute approximate surface area is 120 Å². The third-order valence-electron chi connectivity index (χ3n) is 3.24. The summed E-state index contributed by atoms with van der Waals surface area (Å²) in [5, 5.41) is 0.916. The van der Waals surface area contributed by atoms with Gasteiger partial charge in [-0.15, -0.1) is 11.3 Å². The lowest BCUT2D eigenvalue weighted by molar-refractivity contribution is 0.483. The Morgan fingerprint density at radius 1 is 1.25 bits per heavy atom. The third-order valence-corrected chi connectivity index (χ3v) is 4.34. The summed E-state index contributed by atoms with van der Waals surface area (Å²) >= 11 is 1.58. The molecule has 20 heavy (non-hydrogen) atoms. The highest BCUT2D eigenvalue weighted by Gasteiger charge is 2.17. The maximum absolute atomic E-state index is 13.6. The van der Waals surface area contributed by atoms with E-state index in [1.807, 2.05) is 13.8 Å². The van der Waals surface area contributed by atoms with Crippen LogP contribution >= 0.6 is 11.3 Å². The first-order valence-corrected chi connectivity index (χ1v) is 7.14. The number of hydrogen-bond donors (Lipinski definition) is 2. The van der Waals surface area contributed by atoms with Crippen LogP contribution in [-0.4, -0.2) is 11.0 Å². The summed E-state index contributed by atoms with van der Waals surface area (Å²) < 4.78 is 27.3. The predicted molar refractivity (Wildman–Crippen MR) is 76.5 cm³/mol. The van der Waals surface area contributed by atoms with E-state index >= 15 is 0 Å². The van der Waals surface area contributed by atoms with E-state index in [4.69, 9.17) is 5.84 Å². The van der Waals surface area contributed by atoms with Crippen molar-refractivity contribution < 1.29 is 8.78 Å². The Morgan fingerprint density at radius 3 is 2.40 bits per heavy atom. The molecule has 0 amide bonds. The van der Waals surface area contributed by atoms with Gasteiger partial charge in [-0.2, -0.15) is 0 Å². The number of halogens is 2. The van der Waals surface area contributed by atoms with Crippen molar-refractivity contribution in [2.45, 2.75) is 32.7 Å². The maximum Gasteiger partial charge on any atom is 0.129 e. The first-order chi connectivity index (χ1) is 9.51. The number of hydrogen-bond acceptors (Lipinski definition) is 4. The molecule has 2 rings (SSSR count). The molecule has 0 aliphatic rings. The zero-order chi connectivity index (χ0) is 14.7. The maximum atomic E-state index is 13.6. The van der Waals surface area contributed by atoms with E-state index in [0.717, 1.165) is 15.6 Å². The van der Waals surface area contributed by atoms with Gasteiger partial charge in [-0.25, -0.2) is 13.8 Å². The topological polar surface area (TPSA) is 50.9 Å². The van der Waals surface area contributed by atoms with Gasteiger partial charge >= 0.3 is 0 Å². The Balaban J connectivity index is 2.13. The van der Waals surface area contributed by atoms with Crippen molar-refractivity contribution >= 4 is 11.3 Å². The van der Waals surface area contributed by atoms with Gasteiger partial charge in [-0.3, -0.25) is 11.3 Å². The monoisotopic (exact) mass is 297 g/mol. The lowest BCUT2D eigenvalue weighted by Gasteiger charge is -2.15. The van der Waals surface area contributed by atoms with Crippen LogP contribution in [0.15, 0.2) is 18.2 Å². The minimum Gasteiger partial charge on any atom is -0.271 e. The van der Waals surface area contributed by atoms with Crippen LogP contribution in [0.25, 0.3) is 0 Å². The predicted octanol–water partition coefficient (Wildman–Crippen LogP) is 2.66. The molecule has 1 aromatic heterocycles. The summed E-state index contributed by atoms with van der Waals surface area (Å²) in [5.74, 6) is 4.41. The normalized spacial score (nSPS) is 12.7. The fraction of sp³-hybridized carbons (Fsp3) is 0.357. The highest BCUT2D eigenvalue weighted by molar-refractivity contribution is 7.11. The van der Waals surface area contributed by atoms with Crippen molar-refractivity contribution in [1.29, 1.82) is 0 Å². The molecule has 0 aliphatic heterocycles. The summed E-state index contributed by atoms with van der Waals surface area (Å²) in [5.41, 5.74) is 3.66. The zero-order valence-corrected chi connectivity index (χ0v) is 12.2. The Hall–Kier alpha value is -1.37. The van der Waals surface area contributed by atoms with E-state index < -0.39 is 11.6 Å². The average molecular weight is 297 g/mol. The second-order valence-corrected chi connectivity index (χ2v) is 6.01. The van der Waals surface area contributed by atoms with Crippen LogP contribution in [0.1, 0.15) is 21.1 Å². The first kappa shape index (κ1) is 15.0. The van der Waals surface area contributed by atoms with E-state index in [9.17, 15) is 8.78 Å². The van der Waals surface area contributed by atoms with Gasteiger partial charge in [0.25, 0.3) is 0 Å². The second kappa shape index (κ2) is 6.39. The van der Waals surface area contributed by atoms with Crippen molar-refractivity contribution in [3.05, 3.63) is 51.0 Å². The van der Waals surface area contributed by atoms with E-state index in [0.29, 0.717) is 6.42 Å². The summed E-state index contributed by atoms with van der Waals surface area (Å²) in [6.45, 7) is 3.94. The van der Waals surface area contributed by atoms with E-state index in [-0.39, 0.29) is 18.0 Å². The number of benzene rings is 1. The number of nitrogens with one attached hydrogen (secondary N) is 1. The molecule has 1 aromatic carbocycles. The Kier molecular flexibility index (Phi) is 4.80. The molecule has 1 heterocycles. The minimum absolute atomic E-state index is 0.0560. The van der Waals surface area contributed by atoms with E-state index in [1.54, 1.807) is 11.3 Å². The summed E-state index contributed by atoms with van der Waals surface area (Å²) in [6, 6.07) is 3.60. The summed E-state index contributed by atoms with van der Waals surface area (Å²) in [6.07, 6.45) is 0.732. The summed E-state index contributed by atoms with van der Waals surface area (Å²) in [7, 11) is 0. The lowest BCUT2D eigenvalue weighted by Crippen LogP contribution is -2.38. The molecule has 108 valence electrons. The van der Waals surface area contributed by atoms with E-state index in [2.05, 4.69) is 10.4 Å². The van der Waals surface area contributed by atoms with Crippen molar-refractivity contribution in [3.8, 4) is 0 Å². The SMILES string of the molecule is Cc1nc(CC(Cc2c(F)cccc2F)NN)sc1C. The molecular formula is C14H17F2N3S. The number of rotatable bonds is 5. The minimum atomic E-state index is -0.545. The highest BCUT2D eigenvalue weighted by atomic mass is 32.1. The smallest absolute Gasteiger partial charge is 0.129 e. The van der Waals surface area contributed by atoms with E-state index in [1.165, 1.54) is 18.2 Å². The highest BCUT2D eigenvalue weighted by Crippen LogP contribution is 2.20. The third kappa shape index (κ3) is 3.39. The fourth-order valence-electron chi connectivity index (χ4n) is 2.00. The number of nitrogens with zero attached hydrogens (tertiary/aromatic N) is 1. The molecule has 0 bridgehead atoms. The molecule has 0 saturated heterocycles. The van der Waals surface area contributed by atoms with Gasteiger partial charge in [0.15, 0.2) is 0 Å². The standard InChI is InChI=1S/C14H17F2N3S/c1-8-9(2)20-14(18-8)7-10(19-17)6-11-12(15)4-3-5-13(11)16/h3-5,10,19H,6-7,17H2,1-2H3. The van der Waals surface area contributed by atoms with Gasteiger partial charge in [0.1, 0.15) is 11.6 Å². The quantitative estimate of drug-likeness (QED) is 0.659. The molecule has 0 radical (unpaired) electrons. The summed E-state index contributed by atoms with van der Waals surface area (Å²) in [4.78, 5) is 5.57. The van der Waals surface area contributed by atoms with Crippen molar-refractivity contribution in [1.82, 2.24) is 10.4 Å². The molecule has 3 N–H and O–H groups in total. The molecule has 0 fully saturated rings. The molecule has 1 atom stereocenters. The second-order valence-electron chi connectivity index (χ2n) is 4.72. The van der Waals surface area contributed by atoms with Gasteiger partial charge in [0.2, 0.25) is 0 Å². The van der Waals surface area contributed by atoms with Crippen LogP contribution in [-0.2, 0) is 12.8 Å². The number of aromatic nitrogens is 1. The molecule has 2 aromatic rings. The lowest BCUT2D eigenvalue weighted by atomic mass is 10.0. The molecule has 1 unspecified atom stereocenters. The van der Waals surface area contributed by atoms with Crippen LogP contribution in [0.2, 0.25) is 0 Å². The molecule has 6 heteroatoms. The van der Waals surface area contributed by atoms with Crippen LogP contribution in [0.3, 0.4) is 0 Å². The molecular weight excluding hydrogens is 280 g/mol. The first-order valence-electron chi connectivity index (χ1n) is 6.33. The van der Waals surface area contributed by atoms with Crippen LogP contribution in [0.4, 0.5) is 8.78 Å². The van der Waals surface area contributed by atoms with Crippen molar-refractivity contribution in [2.75, 3.05) is 0 Å². The van der Waals surface area contributed by atoms with Crippen molar-refractivity contribution in [3.63, 3.8) is 0 Å². The van der Waals surface area contributed by atoms with Crippen LogP contribution < -0.4 is 11.3 Å². The zero-order valence-electron chi connectivity index (χ0n) is 11.4. The number of thiazole rings is 1. The largest absolute Gasteiger partial charge is 0.271 e. The number of hydrazine groups is 1. The Morgan fingerprint density at radius 2 is 1.90 bits per heavy atom. The van der Waals surface area contributed by atoms with Gasteiger partial charge in [0, 0.05) is 22.9 Å². The number of aryl methyl sites for hydroxylation is 2. The molecule has 0 aliphatic carbocycles. The number of nitrogens with two attached hydrogens (primary N) is 1. The van der Waals surface area contributed by atoms with Gasteiger partial charge < -0.3 is 0 Å². The van der Waals surface area contributed by atoms with Gasteiger partial charge in [0.05, 0.1) is 10.7 Å². The Bertz CT molecular complexity index is 558. The molecule has 3 nitrogen and oxygen atoms in total. The molecule has 0 saturated carbocycles. The van der Waals surface area contributed by atoms with Crippen molar-refractivity contribution in [2.24, 2.45) is 5.84 Å². The fourth-order valence-corrected chi connectivity index (χ4v) is 3.01. The van der Waals surface area contributed by atoms with Crippen LogP contribution in [0.5, 0.6) is 0 Å². The van der Waals surface area contributed by atoms with Crippen LogP contribution in [0, 0.1) is 25.5 Å².